The maximum atomic E-state index is 13.1. The van der Waals surface area contributed by atoms with Crippen molar-refractivity contribution in [2.45, 2.75) is 44.7 Å². The van der Waals surface area contributed by atoms with Gasteiger partial charge in [0.1, 0.15) is 5.82 Å². The summed E-state index contributed by atoms with van der Waals surface area (Å²) in [6.07, 6.45) is 10.2. The first kappa shape index (κ1) is 17.2. The third-order valence-electron chi connectivity index (χ3n) is 6.00. The minimum atomic E-state index is 0.221. The van der Waals surface area contributed by atoms with E-state index in [9.17, 15) is 4.79 Å². The molecule has 0 aromatic carbocycles. The number of rotatable bonds is 6. The fourth-order valence-electron chi connectivity index (χ4n) is 4.23. The van der Waals surface area contributed by atoms with Gasteiger partial charge in [0.05, 0.1) is 6.54 Å². The number of hydrogen-bond donors (Lipinski definition) is 1. The van der Waals surface area contributed by atoms with Crippen molar-refractivity contribution in [1.29, 1.82) is 0 Å². The van der Waals surface area contributed by atoms with E-state index in [1.165, 1.54) is 12.8 Å². The highest BCUT2D eigenvalue weighted by atomic mass is 16.2. The number of amides is 1. The average Bonchev–Trinajstić information content (AvgIpc) is 3.18. The summed E-state index contributed by atoms with van der Waals surface area (Å²) in [6.45, 7) is 2.73. The van der Waals surface area contributed by atoms with Gasteiger partial charge in [-0.25, -0.2) is 4.98 Å². The van der Waals surface area contributed by atoms with E-state index >= 15 is 0 Å². The van der Waals surface area contributed by atoms with Gasteiger partial charge in [0.25, 0.3) is 0 Å². The van der Waals surface area contributed by atoms with Crippen LogP contribution in [0.1, 0.15) is 37.2 Å². The molecule has 1 amide bonds. The Labute approximate surface area is 154 Å². The van der Waals surface area contributed by atoms with Crippen molar-refractivity contribution >= 4 is 5.91 Å². The smallest absolute Gasteiger partial charge is 0.223 e. The molecule has 2 aliphatic rings. The molecule has 0 bridgehead atoms. The van der Waals surface area contributed by atoms with Crippen LogP contribution in [-0.4, -0.2) is 44.5 Å². The van der Waals surface area contributed by atoms with Crippen LogP contribution >= 0.6 is 0 Å². The van der Waals surface area contributed by atoms with E-state index in [0.717, 1.165) is 31.0 Å². The first-order chi connectivity index (χ1) is 12.7. The maximum absolute atomic E-state index is 13.1. The molecule has 138 valence electrons. The van der Waals surface area contributed by atoms with Gasteiger partial charge in [-0.1, -0.05) is 6.07 Å². The van der Waals surface area contributed by atoms with E-state index in [4.69, 9.17) is 0 Å². The number of carbonyl (C=O) groups is 1. The summed E-state index contributed by atoms with van der Waals surface area (Å²) >= 11 is 0. The Balaban J connectivity index is 1.47. The number of aryl methyl sites for hydroxylation is 2. The highest BCUT2D eigenvalue weighted by molar-refractivity contribution is 5.77. The molecule has 1 atom stereocenters. The molecule has 1 spiro atoms. The van der Waals surface area contributed by atoms with Crippen molar-refractivity contribution in [2.75, 3.05) is 13.1 Å². The van der Waals surface area contributed by atoms with Gasteiger partial charge in [0.2, 0.25) is 5.91 Å². The molecule has 2 fully saturated rings. The molecule has 3 heterocycles. The van der Waals surface area contributed by atoms with Crippen LogP contribution in [0, 0.1) is 5.41 Å². The van der Waals surface area contributed by atoms with E-state index in [-0.39, 0.29) is 5.91 Å². The van der Waals surface area contributed by atoms with Gasteiger partial charge in [0.15, 0.2) is 0 Å². The molecule has 1 saturated heterocycles. The van der Waals surface area contributed by atoms with E-state index in [0.29, 0.717) is 30.8 Å². The number of nitrogens with one attached hydrogen (secondary N) is 1. The molecule has 1 aliphatic heterocycles. The normalized spacial score (nSPS) is 20.9. The summed E-state index contributed by atoms with van der Waals surface area (Å²) in [5.41, 5.74) is 1.31. The van der Waals surface area contributed by atoms with Gasteiger partial charge in [-0.2, -0.15) is 0 Å². The molecule has 1 saturated carbocycles. The Morgan fingerprint density at radius 3 is 2.85 bits per heavy atom. The first-order valence-corrected chi connectivity index (χ1v) is 9.54. The van der Waals surface area contributed by atoms with Crippen LogP contribution in [0.3, 0.4) is 0 Å². The molecule has 2 aromatic rings. The molecule has 1 aliphatic carbocycles. The summed E-state index contributed by atoms with van der Waals surface area (Å²) < 4.78 is 2.01. The van der Waals surface area contributed by atoms with Crippen molar-refractivity contribution in [1.82, 2.24) is 24.8 Å². The van der Waals surface area contributed by atoms with E-state index in [2.05, 4.69) is 20.2 Å². The number of hydrogen-bond acceptors (Lipinski definition) is 4. The molecule has 6 nitrogen and oxygen atoms in total. The SMILES string of the molecule is Cn1ccnc1CN(C(=O)CCc1ccccn1)[C@H]1CC12CCNCC2. The molecule has 2 aromatic heterocycles. The zero-order valence-corrected chi connectivity index (χ0v) is 15.4. The topological polar surface area (TPSA) is 63.1 Å². The van der Waals surface area contributed by atoms with Crippen molar-refractivity contribution in [3.63, 3.8) is 0 Å². The highest BCUT2D eigenvalue weighted by Gasteiger charge is 2.57. The van der Waals surface area contributed by atoms with Crippen LogP contribution in [-0.2, 0) is 24.8 Å². The molecular weight excluding hydrogens is 326 g/mol. The number of nitrogens with zero attached hydrogens (tertiary/aromatic N) is 4. The number of aromatic nitrogens is 3. The van der Waals surface area contributed by atoms with Gasteiger partial charge >= 0.3 is 0 Å². The largest absolute Gasteiger partial charge is 0.337 e. The second-order valence-corrected chi connectivity index (χ2v) is 7.63. The molecule has 0 radical (unpaired) electrons. The van der Waals surface area contributed by atoms with Crippen LogP contribution in [0.15, 0.2) is 36.8 Å². The summed E-state index contributed by atoms with van der Waals surface area (Å²) in [7, 11) is 1.99. The predicted molar refractivity (Wildman–Crippen MR) is 99.3 cm³/mol. The second kappa shape index (κ2) is 7.19. The fourth-order valence-corrected chi connectivity index (χ4v) is 4.23. The second-order valence-electron chi connectivity index (χ2n) is 7.63. The van der Waals surface area contributed by atoms with Crippen molar-refractivity contribution in [2.24, 2.45) is 12.5 Å². The summed E-state index contributed by atoms with van der Waals surface area (Å²) in [4.78, 5) is 24.0. The fraction of sp³-hybridized carbons (Fsp3) is 0.550. The molecule has 4 rings (SSSR count). The highest BCUT2D eigenvalue weighted by Crippen LogP contribution is 2.56. The summed E-state index contributed by atoms with van der Waals surface area (Å²) in [6, 6.07) is 6.23. The lowest BCUT2D eigenvalue weighted by Crippen LogP contribution is -2.39. The van der Waals surface area contributed by atoms with Crippen molar-refractivity contribution in [3.8, 4) is 0 Å². The Kier molecular flexibility index (Phi) is 4.76. The van der Waals surface area contributed by atoms with Crippen molar-refractivity contribution < 1.29 is 4.79 Å². The van der Waals surface area contributed by atoms with E-state index in [1.54, 1.807) is 12.4 Å². The Hall–Kier alpha value is -2.21. The number of pyridine rings is 1. The first-order valence-electron chi connectivity index (χ1n) is 9.54. The third kappa shape index (κ3) is 3.51. The number of imidazole rings is 1. The lowest BCUT2D eigenvalue weighted by atomic mass is 9.93. The average molecular weight is 353 g/mol. The Morgan fingerprint density at radius 2 is 2.15 bits per heavy atom. The minimum absolute atomic E-state index is 0.221. The number of carbonyl (C=O) groups excluding carboxylic acids is 1. The van der Waals surface area contributed by atoms with Gasteiger partial charge < -0.3 is 14.8 Å². The summed E-state index contributed by atoms with van der Waals surface area (Å²) in [5, 5.41) is 3.44. The lowest BCUT2D eigenvalue weighted by Gasteiger charge is -2.29. The van der Waals surface area contributed by atoms with Gasteiger partial charge in [-0.15, -0.1) is 0 Å². The quantitative estimate of drug-likeness (QED) is 0.862. The minimum Gasteiger partial charge on any atom is -0.337 e. The molecule has 6 heteroatoms. The zero-order valence-electron chi connectivity index (χ0n) is 15.4. The molecule has 1 N–H and O–H groups in total. The molecule has 26 heavy (non-hydrogen) atoms. The third-order valence-corrected chi connectivity index (χ3v) is 6.00. The lowest BCUT2D eigenvalue weighted by molar-refractivity contribution is -0.133. The van der Waals surface area contributed by atoms with Crippen LogP contribution in [0.2, 0.25) is 0 Å². The summed E-state index contributed by atoms with van der Waals surface area (Å²) in [5.74, 6) is 1.17. The van der Waals surface area contributed by atoms with E-state index in [1.807, 2.05) is 36.0 Å². The maximum Gasteiger partial charge on any atom is 0.223 e. The monoisotopic (exact) mass is 353 g/mol. The predicted octanol–water partition coefficient (Wildman–Crippen LogP) is 1.92. The van der Waals surface area contributed by atoms with Gasteiger partial charge in [-0.05, 0) is 56.3 Å². The van der Waals surface area contributed by atoms with E-state index < -0.39 is 0 Å². The zero-order chi connectivity index (χ0) is 18.0. The van der Waals surface area contributed by atoms with Crippen molar-refractivity contribution in [3.05, 3.63) is 48.3 Å². The Bertz CT molecular complexity index is 751. The van der Waals surface area contributed by atoms with Gasteiger partial charge in [-0.3, -0.25) is 9.78 Å². The van der Waals surface area contributed by atoms with Crippen LogP contribution in [0.5, 0.6) is 0 Å². The standard InChI is InChI=1S/C20H27N5O/c1-24-13-12-23-18(24)15-25(17-14-20(17)7-10-21-11-8-20)19(26)6-5-16-4-2-3-9-22-16/h2-4,9,12-13,17,21H,5-8,10-11,14-15H2,1H3/t17-/m0/s1. The molecular formula is C20H27N5O. The van der Waals surface area contributed by atoms with Gasteiger partial charge in [0, 0.05) is 43.8 Å². The Morgan fingerprint density at radius 1 is 1.31 bits per heavy atom. The molecule has 0 unspecified atom stereocenters. The van der Waals surface area contributed by atoms with Crippen LogP contribution < -0.4 is 5.32 Å². The number of piperidine rings is 1. The van der Waals surface area contributed by atoms with Crippen LogP contribution in [0.4, 0.5) is 0 Å². The van der Waals surface area contributed by atoms with Crippen LogP contribution in [0.25, 0.3) is 0 Å².